The van der Waals surface area contributed by atoms with Gasteiger partial charge in [0.05, 0.1) is 11.2 Å². The first-order valence-corrected chi connectivity index (χ1v) is 11.5. The van der Waals surface area contributed by atoms with E-state index in [1.54, 1.807) is 22.5 Å². The van der Waals surface area contributed by atoms with Crippen LogP contribution in [0.15, 0.2) is 16.9 Å². The summed E-state index contributed by atoms with van der Waals surface area (Å²) < 4.78 is 54.6. The highest BCUT2D eigenvalue weighted by atomic mass is 19.4. The molecule has 1 saturated heterocycles. The zero-order valence-corrected chi connectivity index (χ0v) is 19.0. The molecule has 186 valence electrons. The number of nitrogens with two attached hydrogens (primary N) is 1. The van der Waals surface area contributed by atoms with Crippen molar-refractivity contribution in [1.82, 2.24) is 15.2 Å². The number of anilines is 1. The first-order chi connectivity index (χ1) is 16.1. The van der Waals surface area contributed by atoms with Crippen LogP contribution < -0.4 is 26.8 Å². The Morgan fingerprint density at radius 1 is 1.24 bits per heavy atom. The van der Waals surface area contributed by atoms with E-state index < -0.39 is 17.9 Å². The van der Waals surface area contributed by atoms with E-state index in [-0.39, 0.29) is 24.1 Å². The minimum atomic E-state index is -4.93. The molecule has 1 aromatic heterocycles. The van der Waals surface area contributed by atoms with Crippen LogP contribution in [0.1, 0.15) is 36.4 Å². The SMILES string of the molecule is Cc1c(N2CCC(CNC(=O)C(F)(F)F)C2)c(F)cc2c(CNCCN)cc(=O)n(C3CC3)c12. The molecular weight excluding hydrogens is 454 g/mol. The number of nitrogens with one attached hydrogen (secondary N) is 2. The number of pyridine rings is 1. The van der Waals surface area contributed by atoms with Gasteiger partial charge >= 0.3 is 12.1 Å². The molecule has 0 radical (unpaired) electrons. The Kier molecular flexibility index (Phi) is 6.86. The minimum Gasteiger partial charge on any atom is -0.369 e. The third kappa shape index (κ3) is 4.90. The molecule has 4 N–H and O–H groups in total. The first-order valence-electron chi connectivity index (χ1n) is 11.5. The van der Waals surface area contributed by atoms with Gasteiger partial charge in [-0.15, -0.1) is 0 Å². The van der Waals surface area contributed by atoms with Crippen LogP contribution in [0.25, 0.3) is 10.9 Å². The maximum absolute atomic E-state index is 15.5. The van der Waals surface area contributed by atoms with Crippen molar-refractivity contribution in [2.75, 3.05) is 37.6 Å². The quantitative estimate of drug-likeness (QED) is 0.396. The first kappa shape index (κ1) is 24.5. The Balaban J connectivity index is 1.66. The average Bonchev–Trinajstić information content (AvgIpc) is 3.50. The summed E-state index contributed by atoms with van der Waals surface area (Å²) in [6.45, 7) is 3.80. The molecule has 0 spiro atoms. The molecule has 1 amide bonds. The Bertz CT molecular complexity index is 1140. The largest absolute Gasteiger partial charge is 0.471 e. The van der Waals surface area contributed by atoms with E-state index in [0.717, 1.165) is 12.8 Å². The van der Waals surface area contributed by atoms with E-state index in [2.05, 4.69) is 5.32 Å². The second-order valence-corrected chi connectivity index (χ2v) is 9.11. The van der Waals surface area contributed by atoms with E-state index in [1.807, 2.05) is 5.32 Å². The molecule has 2 heterocycles. The second kappa shape index (κ2) is 9.53. The average molecular weight is 484 g/mol. The van der Waals surface area contributed by atoms with Gasteiger partial charge in [-0.1, -0.05) is 0 Å². The van der Waals surface area contributed by atoms with Crippen molar-refractivity contribution in [3.63, 3.8) is 0 Å². The monoisotopic (exact) mass is 483 g/mol. The van der Waals surface area contributed by atoms with E-state index in [9.17, 15) is 22.8 Å². The molecule has 1 unspecified atom stereocenters. The maximum Gasteiger partial charge on any atom is 0.471 e. The number of hydrogen-bond donors (Lipinski definition) is 3. The number of amides is 1. The highest BCUT2D eigenvalue weighted by Gasteiger charge is 2.39. The Labute approximate surface area is 194 Å². The molecule has 2 fully saturated rings. The van der Waals surface area contributed by atoms with E-state index in [1.165, 1.54) is 6.07 Å². The summed E-state index contributed by atoms with van der Waals surface area (Å²) in [5.41, 5.74) is 7.81. The normalized spacial score (nSPS) is 18.6. The minimum absolute atomic E-state index is 0.0852. The van der Waals surface area contributed by atoms with Crippen LogP contribution in [-0.4, -0.2) is 49.4 Å². The molecule has 1 saturated carbocycles. The number of carbonyl (C=O) groups excluding carboxylic acids is 1. The molecule has 7 nitrogen and oxygen atoms in total. The second-order valence-electron chi connectivity index (χ2n) is 9.11. The number of halogens is 4. The van der Waals surface area contributed by atoms with Crippen molar-refractivity contribution in [2.45, 2.75) is 44.9 Å². The number of aromatic nitrogens is 1. The number of rotatable bonds is 8. The van der Waals surface area contributed by atoms with Crippen LogP contribution in [0.5, 0.6) is 0 Å². The highest BCUT2D eigenvalue weighted by molar-refractivity contribution is 5.90. The molecule has 4 rings (SSSR count). The molecule has 34 heavy (non-hydrogen) atoms. The highest BCUT2D eigenvalue weighted by Crippen LogP contribution is 2.40. The van der Waals surface area contributed by atoms with Crippen molar-refractivity contribution in [3.05, 3.63) is 39.4 Å². The van der Waals surface area contributed by atoms with Crippen molar-refractivity contribution in [2.24, 2.45) is 11.7 Å². The van der Waals surface area contributed by atoms with Gasteiger partial charge in [0.15, 0.2) is 0 Å². The van der Waals surface area contributed by atoms with E-state index >= 15 is 4.39 Å². The van der Waals surface area contributed by atoms with Crippen LogP contribution in [0.4, 0.5) is 23.2 Å². The van der Waals surface area contributed by atoms with Gasteiger partial charge < -0.3 is 25.8 Å². The fraction of sp³-hybridized carbons (Fsp3) is 0.565. The zero-order chi connectivity index (χ0) is 24.6. The summed E-state index contributed by atoms with van der Waals surface area (Å²) in [4.78, 5) is 25.9. The number of hydrogen-bond acceptors (Lipinski definition) is 5. The van der Waals surface area contributed by atoms with Crippen LogP contribution in [0, 0.1) is 18.7 Å². The number of benzene rings is 1. The summed E-state index contributed by atoms with van der Waals surface area (Å²) >= 11 is 0. The molecule has 11 heteroatoms. The standard InChI is InChI=1S/C23H29F4N5O2/c1-13-20-17(15(11-29-6-5-28)8-19(33)32(20)16-2-3-16)9-18(24)21(13)31-7-4-14(12-31)10-30-22(34)23(25,26)27/h8-9,14,16,29H,2-7,10-12,28H2,1H3,(H,30,34). The Hall–Kier alpha value is -2.66. The number of alkyl halides is 3. The molecule has 2 aromatic rings. The molecule has 1 atom stereocenters. The van der Waals surface area contributed by atoms with Gasteiger partial charge in [-0.05, 0) is 49.3 Å². The predicted octanol–water partition coefficient (Wildman–Crippen LogP) is 2.34. The van der Waals surface area contributed by atoms with Crippen LogP contribution in [-0.2, 0) is 11.3 Å². The lowest BCUT2D eigenvalue weighted by atomic mass is 10.0. The molecule has 1 aromatic carbocycles. The van der Waals surface area contributed by atoms with Gasteiger partial charge in [0.2, 0.25) is 0 Å². The summed E-state index contributed by atoms with van der Waals surface area (Å²) in [5, 5.41) is 5.75. The van der Waals surface area contributed by atoms with Gasteiger partial charge in [-0.3, -0.25) is 9.59 Å². The summed E-state index contributed by atoms with van der Waals surface area (Å²) in [6.07, 6.45) is -2.64. The summed E-state index contributed by atoms with van der Waals surface area (Å²) in [7, 11) is 0. The molecule has 2 aliphatic rings. The number of nitrogens with zero attached hydrogens (tertiary/aromatic N) is 2. The van der Waals surface area contributed by atoms with Crippen molar-refractivity contribution >= 4 is 22.5 Å². The lowest BCUT2D eigenvalue weighted by Crippen LogP contribution is -2.39. The van der Waals surface area contributed by atoms with E-state index in [4.69, 9.17) is 5.73 Å². The van der Waals surface area contributed by atoms with Gasteiger partial charge in [0.1, 0.15) is 5.82 Å². The molecular formula is C23H29F4N5O2. The van der Waals surface area contributed by atoms with Gasteiger partial charge in [-0.25, -0.2) is 4.39 Å². The zero-order valence-electron chi connectivity index (χ0n) is 19.0. The van der Waals surface area contributed by atoms with Crippen LogP contribution in [0.3, 0.4) is 0 Å². The lowest BCUT2D eigenvalue weighted by molar-refractivity contribution is -0.173. The lowest BCUT2D eigenvalue weighted by Gasteiger charge is -2.25. The van der Waals surface area contributed by atoms with Gasteiger partial charge in [0.25, 0.3) is 5.56 Å². The summed E-state index contributed by atoms with van der Waals surface area (Å²) in [5.74, 6) is -2.65. The van der Waals surface area contributed by atoms with Crippen LogP contribution in [0.2, 0.25) is 0 Å². The van der Waals surface area contributed by atoms with Crippen molar-refractivity contribution in [3.8, 4) is 0 Å². The number of carbonyl (C=O) groups is 1. The van der Waals surface area contributed by atoms with Gasteiger partial charge in [-0.2, -0.15) is 13.2 Å². The number of fused-ring (bicyclic) bond motifs is 1. The van der Waals surface area contributed by atoms with Gasteiger partial charge in [0, 0.05) is 56.8 Å². The predicted molar refractivity (Wildman–Crippen MR) is 121 cm³/mol. The van der Waals surface area contributed by atoms with Crippen molar-refractivity contribution in [1.29, 1.82) is 0 Å². The Morgan fingerprint density at radius 2 is 1.97 bits per heavy atom. The fourth-order valence-corrected chi connectivity index (χ4v) is 4.81. The molecule has 1 aliphatic heterocycles. The third-order valence-electron chi connectivity index (χ3n) is 6.54. The third-order valence-corrected chi connectivity index (χ3v) is 6.54. The molecule has 0 bridgehead atoms. The fourth-order valence-electron chi connectivity index (χ4n) is 4.81. The maximum atomic E-state index is 15.5. The number of aryl methyl sites for hydroxylation is 1. The van der Waals surface area contributed by atoms with Crippen LogP contribution >= 0.6 is 0 Å². The smallest absolute Gasteiger partial charge is 0.369 e. The molecule has 1 aliphatic carbocycles. The Morgan fingerprint density at radius 3 is 2.62 bits per heavy atom. The van der Waals surface area contributed by atoms with E-state index in [0.29, 0.717) is 66.9 Å². The summed E-state index contributed by atoms with van der Waals surface area (Å²) in [6, 6.07) is 3.09. The topological polar surface area (TPSA) is 92.4 Å². The van der Waals surface area contributed by atoms with Crippen molar-refractivity contribution < 1.29 is 22.4 Å².